The quantitative estimate of drug-likeness (QED) is 0.930. The van der Waals surface area contributed by atoms with E-state index in [9.17, 15) is 4.39 Å². The summed E-state index contributed by atoms with van der Waals surface area (Å²) < 4.78 is 19.3. The van der Waals surface area contributed by atoms with Crippen molar-refractivity contribution in [2.75, 3.05) is 0 Å². The molecule has 16 heavy (non-hydrogen) atoms. The molecule has 2 rings (SSSR count). The summed E-state index contributed by atoms with van der Waals surface area (Å²) in [6, 6.07) is 8.76. The molecular weight excluding hydrogens is 273 g/mol. The van der Waals surface area contributed by atoms with E-state index in [1.807, 2.05) is 18.2 Å². The molecule has 0 saturated heterocycles. The second kappa shape index (κ2) is 5.27. The van der Waals surface area contributed by atoms with E-state index in [4.69, 9.17) is 4.42 Å². The van der Waals surface area contributed by atoms with Crippen LogP contribution in [0.2, 0.25) is 0 Å². The Kier molecular flexibility index (Phi) is 3.74. The molecule has 1 heterocycles. The lowest BCUT2D eigenvalue weighted by Crippen LogP contribution is -2.13. The smallest absolute Gasteiger partial charge is 0.128 e. The molecule has 1 aromatic carbocycles. The summed E-state index contributed by atoms with van der Waals surface area (Å²) in [5, 5.41) is 3.12. The first-order chi connectivity index (χ1) is 7.75. The highest BCUT2D eigenvalue weighted by Gasteiger charge is 2.02. The topological polar surface area (TPSA) is 25.2 Å². The summed E-state index contributed by atoms with van der Waals surface area (Å²) >= 11 is 3.22. The average Bonchev–Trinajstić information content (AvgIpc) is 2.74. The van der Waals surface area contributed by atoms with Gasteiger partial charge in [-0.1, -0.05) is 22.0 Å². The zero-order valence-electron chi connectivity index (χ0n) is 8.54. The van der Waals surface area contributed by atoms with Crippen LogP contribution in [0.4, 0.5) is 4.39 Å². The van der Waals surface area contributed by atoms with E-state index in [1.54, 1.807) is 12.3 Å². The van der Waals surface area contributed by atoms with E-state index in [-0.39, 0.29) is 5.82 Å². The Morgan fingerprint density at radius 2 is 2.12 bits per heavy atom. The Morgan fingerprint density at radius 1 is 1.25 bits per heavy atom. The van der Waals surface area contributed by atoms with Crippen molar-refractivity contribution in [2.45, 2.75) is 13.1 Å². The number of hydrogen-bond acceptors (Lipinski definition) is 2. The van der Waals surface area contributed by atoms with Crippen molar-refractivity contribution >= 4 is 15.9 Å². The number of benzene rings is 1. The summed E-state index contributed by atoms with van der Waals surface area (Å²) in [4.78, 5) is 0. The maximum absolute atomic E-state index is 13.4. The first-order valence-electron chi connectivity index (χ1n) is 4.93. The van der Waals surface area contributed by atoms with Crippen LogP contribution in [0.5, 0.6) is 0 Å². The zero-order chi connectivity index (χ0) is 11.4. The predicted octanol–water partition coefficient (Wildman–Crippen LogP) is 3.47. The molecule has 4 heteroatoms. The van der Waals surface area contributed by atoms with Gasteiger partial charge in [0.25, 0.3) is 0 Å². The largest absolute Gasteiger partial charge is 0.468 e. The van der Waals surface area contributed by atoms with Crippen LogP contribution in [-0.2, 0) is 13.1 Å². The van der Waals surface area contributed by atoms with Crippen LogP contribution in [0.25, 0.3) is 0 Å². The van der Waals surface area contributed by atoms with E-state index < -0.39 is 0 Å². The Bertz CT molecular complexity index is 456. The molecule has 0 aliphatic heterocycles. The number of halogens is 2. The molecule has 1 aromatic heterocycles. The van der Waals surface area contributed by atoms with Crippen molar-refractivity contribution in [1.29, 1.82) is 0 Å². The molecule has 0 spiro atoms. The van der Waals surface area contributed by atoms with E-state index in [0.717, 1.165) is 10.2 Å². The standard InChI is InChI=1S/C12H11BrFNO/c13-10-4-3-9(12(14)6-10)7-15-8-11-2-1-5-16-11/h1-6,15H,7-8H2. The van der Waals surface area contributed by atoms with Gasteiger partial charge >= 0.3 is 0 Å². The van der Waals surface area contributed by atoms with Gasteiger partial charge in [0.1, 0.15) is 11.6 Å². The summed E-state index contributed by atoms with van der Waals surface area (Å²) in [6.07, 6.45) is 1.62. The third-order valence-corrected chi connectivity index (χ3v) is 2.70. The first-order valence-corrected chi connectivity index (χ1v) is 5.72. The van der Waals surface area contributed by atoms with Gasteiger partial charge in [-0.05, 0) is 24.3 Å². The van der Waals surface area contributed by atoms with Crippen molar-refractivity contribution in [2.24, 2.45) is 0 Å². The molecule has 0 radical (unpaired) electrons. The van der Waals surface area contributed by atoms with Gasteiger partial charge in [0.15, 0.2) is 0 Å². The highest BCUT2D eigenvalue weighted by Crippen LogP contribution is 2.15. The third-order valence-electron chi connectivity index (χ3n) is 2.21. The van der Waals surface area contributed by atoms with Crippen molar-refractivity contribution in [3.05, 3.63) is 58.2 Å². The third kappa shape index (κ3) is 2.93. The molecule has 0 aliphatic rings. The van der Waals surface area contributed by atoms with Gasteiger partial charge in [-0.3, -0.25) is 0 Å². The second-order valence-corrected chi connectivity index (χ2v) is 4.33. The van der Waals surface area contributed by atoms with Crippen molar-refractivity contribution in [1.82, 2.24) is 5.32 Å². The van der Waals surface area contributed by atoms with E-state index in [2.05, 4.69) is 21.2 Å². The predicted molar refractivity (Wildman–Crippen MR) is 63.4 cm³/mol. The Morgan fingerprint density at radius 3 is 2.81 bits per heavy atom. The van der Waals surface area contributed by atoms with Crippen LogP contribution in [0.3, 0.4) is 0 Å². The van der Waals surface area contributed by atoms with Crippen molar-refractivity contribution in [3.63, 3.8) is 0 Å². The summed E-state index contributed by atoms with van der Waals surface area (Å²) in [6.45, 7) is 1.09. The SMILES string of the molecule is Fc1cc(Br)ccc1CNCc1ccco1. The summed E-state index contributed by atoms with van der Waals surface area (Å²) in [5.41, 5.74) is 0.648. The first kappa shape index (κ1) is 11.4. The Labute approximate surface area is 102 Å². The van der Waals surface area contributed by atoms with Crippen LogP contribution >= 0.6 is 15.9 Å². The molecule has 84 valence electrons. The van der Waals surface area contributed by atoms with Gasteiger partial charge in [0, 0.05) is 16.6 Å². The molecule has 2 nitrogen and oxygen atoms in total. The lowest BCUT2D eigenvalue weighted by molar-refractivity contribution is 0.479. The maximum atomic E-state index is 13.4. The van der Waals surface area contributed by atoms with E-state index in [0.29, 0.717) is 18.7 Å². The Balaban J connectivity index is 1.90. The maximum Gasteiger partial charge on any atom is 0.128 e. The number of hydrogen-bond donors (Lipinski definition) is 1. The van der Waals surface area contributed by atoms with E-state index >= 15 is 0 Å². The van der Waals surface area contributed by atoms with Gasteiger partial charge in [-0.25, -0.2) is 4.39 Å². The van der Waals surface area contributed by atoms with Crippen LogP contribution in [0.15, 0.2) is 45.5 Å². The van der Waals surface area contributed by atoms with Crippen molar-refractivity contribution < 1.29 is 8.81 Å². The average molecular weight is 284 g/mol. The minimum atomic E-state index is -0.207. The van der Waals surface area contributed by atoms with Gasteiger partial charge in [-0.15, -0.1) is 0 Å². The minimum Gasteiger partial charge on any atom is -0.468 e. The molecule has 0 fully saturated rings. The number of furan rings is 1. The van der Waals surface area contributed by atoms with Gasteiger partial charge in [-0.2, -0.15) is 0 Å². The molecular formula is C12H11BrFNO. The number of nitrogens with one attached hydrogen (secondary N) is 1. The lowest BCUT2D eigenvalue weighted by atomic mass is 10.2. The minimum absolute atomic E-state index is 0.207. The van der Waals surface area contributed by atoms with Gasteiger partial charge < -0.3 is 9.73 Å². The molecule has 0 saturated carbocycles. The summed E-state index contributed by atoms with van der Waals surface area (Å²) in [5.74, 6) is 0.638. The van der Waals surface area contributed by atoms with E-state index in [1.165, 1.54) is 6.07 Å². The fraction of sp³-hybridized carbons (Fsp3) is 0.167. The van der Waals surface area contributed by atoms with Gasteiger partial charge in [0.2, 0.25) is 0 Å². The highest BCUT2D eigenvalue weighted by atomic mass is 79.9. The number of rotatable bonds is 4. The fourth-order valence-corrected chi connectivity index (χ4v) is 1.73. The highest BCUT2D eigenvalue weighted by molar-refractivity contribution is 9.10. The fourth-order valence-electron chi connectivity index (χ4n) is 1.40. The molecule has 2 aromatic rings. The van der Waals surface area contributed by atoms with Crippen LogP contribution in [0, 0.1) is 5.82 Å². The second-order valence-electron chi connectivity index (χ2n) is 3.42. The Hall–Kier alpha value is -1.13. The van der Waals surface area contributed by atoms with Gasteiger partial charge in [0.05, 0.1) is 12.8 Å². The molecule has 0 unspecified atom stereocenters. The molecule has 1 N–H and O–H groups in total. The molecule has 0 aliphatic carbocycles. The van der Waals surface area contributed by atoms with Crippen molar-refractivity contribution in [3.8, 4) is 0 Å². The monoisotopic (exact) mass is 283 g/mol. The summed E-state index contributed by atoms with van der Waals surface area (Å²) in [7, 11) is 0. The zero-order valence-corrected chi connectivity index (χ0v) is 10.1. The van der Waals surface area contributed by atoms with Crippen LogP contribution < -0.4 is 5.32 Å². The molecule has 0 bridgehead atoms. The molecule has 0 atom stereocenters. The lowest BCUT2D eigenvalue weighted by Gasteiger charge is -2.04. The normalized spacial score (nSPS) is 10.6. The molecule has 0 amide bonds. The van der Waals surface area contributed by atoms with Crippen LogP contribution in [-0.4, -0.2) is 0 Å². The van der Waals surface area contributed by atoms with Crippen LogP contribution in [0.1, 0.15) is 11.3 Å².